The van der Waals surface area contributed by atoms with E-state index in [1.807, 2.05) is 39.0 Å². The summed E-state index contributed by atoms with van der Waals surface area (Å²) < 4.78 is 10.6. The first-order valence-corrected chi connectivity index (χ1v) is 8.72. The first kappa shape index (κ1) is 20.3. The Balaban J connectivity index is 1.97. The number of benzene rings is 2. The van der Waals surface area contributed by atoms with Gasteiger partial charge in [-0.1, -0.05) is 6.07 Å². The summed E-state index contributed by atoms with van der Waals surface area (Å²) in [5.41, 5.74) is 3.48. The van der Waals surface area contributed by atoms with Gasteiger partial charge in [0.05, 0.1) is 26.8 Å². The average Bonchev–Trinajstić information content (AvgIpc) is 2.67. The van der Waals surface area contributed by atoms with Crippen LogP contribution in [0.3, 0.4) is 0 Å². The molecule has 6 heteroatoms. The van der Waals surface area contributed by atoms with Crippen LogP contribution in [-0.2, 0) is 4.79 Å². The molecule has 0 fully saturated rings. The van der Waals surface area contributed by atoms with Gasteiger partial charge in [0.1, 0.15) is 11.5 Å². The van der Waals surface area contributed by atoms with Crippen molar-refractivity contribution >= 4 is 11.8 Å². The molecule has 0 heterocycles. The van der Waals surface area contributed by atoms with Gasteiger partial charge in [-0.15, -0.1) is 0 Å². The molecule has 0 bridgehead atoms. The molecule has 0 aliphatic rings. The van der Waals surface area contributed by atoms with Gasteiger partial charge in [0.25, 0.3) is 5.91 Å². The molecule has 0 unspecified atom stereocenters. The van der Waals surface area contributed by atoms with Crippen LogP contribution in [0.4, 0.5) is 0 Å². The molecule has 0 saturated heterocycles. The van der Waals surface area contributed by atoms with Gasteiger partial charge in [0.15, 0.2) is 0 Å². The van der Waals surface area contributed by atoms with Crippen molar-refractivity contribution in [1.29, 1.82) is 0 Å². The van der Waals surface area contributed by atoms with Crippen molar-refractivity contribution in [2.45, 2.75) is 26.8 Å². The van der Waals surface area contributed by atoms with E-state index < -0.39 is 0 Å². The minimum atomic E-state index is -0.305. The largest absolute Gasteiger partial charge is 0.497 e. The fourth-order valence-corrected chi connectivity index (χ4v) is 2.69. The minimum Gasteiger partial charge on any atom is -0.497 e. The number of rotatable bonds is 7. The molecule has 0 radical (unpaired) electrons. The molecule has 2 aromatic rings. The van der Waals surface area contributed by atoms with E-state index in [0.29, 0.717) is 17.1 Å². The Kier molecular flexibility index (Phi) is 6.82. The van der Waals surface area contributed by atoms with Crippen LogP contribution in [-0.4, -0.2) is 32.6 Å². The zero-order chi connectivity index (χ0) is 20.0. The van der Waals surface area contributed by atoms with Crippen LogP contribution in [0.2, 0.25) is 0 Å². The van der Waals surface area contributed by atoms with Crippen molar-refractivity contribution in [2.75, 3.05) is 20.8 Å². The molecular formula is C21H26N2O4. The van der Waals surface area contributed by atoms with Crippen LogP contribution in [0, 0.1) is 13.8 Å². The van der Waals surface area contributed by atoms with Crippen molar-refractivity contribution in [1.82, 2.24) is 10.6 Å². The molecule has 0 aromatic heterocycles. The third-order valence-corrected chi connectivity index (χ3v) is 4.46. The Hall–Kier alpha value is -3.02. The molecule has 2 aromatic carbocycles. The Bertz CT molecular complexity index is 833. The van der Waals surface area contributed by atoms with Crippen LogP contribution in [0.5, 0.6) is 11.5 Å². The summed E-state index contributed by atoms with van der Waals surface area (Å²) in [6.45, 7) is 5.67. The van der Waals surface area contributed by atoms with Gasteiger partial charge >= 0.3 is 0 Å². The highest BCUT2D eigenvalue weighted by atomic mass is 16.5. The van der Waals surface area contributed by atoms with Gasteiger partial charge in [-0.05, 0) is 62.2 Å². The summed E-state index contributed by atoms with van der Waals surface area (Å²) in [4.78, 5) is 24.5. The number of hydrogen-bond acceptors (Lipinski definition) is 4. The summed E-state index contributed by atoms with van der Waals surface area (Å²) in [5.74, 6) is 0.766. The van der Waals surface area contributed by atoms with E-state index in [9.17, 15) is 9.59 Å². The molecule has 27 heavy (non-hydrogen) atoms. The van der Waals surface area contributed by atoms with E-state index in [1.54, 1.807) is 32.4 Å². The zero-order valence-corrected chi connectivity index (χ0v) is 16.4. The molecule has 0 aliphatic carbocycles. The molecule has 0 saturated carbocycles. The standard InChI is InChI=1S/C21H26N2O4/c1-13-6-7-16(10-14(13)2)21(25)22-12-20(24)23-15(3)18-11-17(26-4)8-9-19(18)27-5/h6-11,15H,12H2,1-5H3,(H,22,25)(H,23,24)/t15-/m1/s1. The van der Waals surface area contributed by atoms with Crippen molar-refractivity contribution in [2.24, 2.45) is 0 Å². The number of carbonyl (C=O) groups excluding carboxylic acids is 2. The van der Waals surface area contributed by atoms with Crippen LogP contribution in [0.25, 0.3) is 0 Å². The van der Waals surface area contributed by atoms with E-state index in [2.05, 4.69) is 10.6 Å². The molecule has 1 atom stereocenters. The average molecular weight is 370 g/mol. The molecule has 0 spiro atoms. The van der Waals surface area contributed by atoms with Crippen LogP contribution in [0.1, 0.15) is 40.0 Å². The summed E-state index contributed by atoms with van der Waals surface area (Å²) in [7, 11) is 3.15. The predicted molar refractivity (Wildman–Crippen MR) is 104 cm³/mol. The number of carbonyl (C=O) groups is 2. The lowest BCUT2D eigenvalue weighted by Crippen LogP contribution is -2.38. The number of nitrogens with one attached hydrogen (secondary N) is 2. The highest BCUT2D eigenvalue weighted by Crippen LogP contribution is 2.29. The van der Waals surface area contributed by atoms with Crippen LogP contribution < -0.4 is 20.1 Å². The quantitative estimate of drug-likeness (QED) is 0.786. The monoisotopic (exact) mass is 370 g/mol. The summed E-state index contributed by atoms with van der Waals surface area (Å²) in [6.07, 6.45) is 0. The number of methoxy groups -OCH3 is 2. The van der Waals surface area contributed by atoms with Gasteiger partial charge in [-0.3, -0.25) is 9.59 Å². The first-order valence-electron chi connectivity index (χ1n) is 8.72. The fraction of sp³-hybridized carbons (Fsp3) is 0.333. The van der Waals surface area contributed by atoms with E-state index >= 15 is 0 Å². The molecule has 2 amide bonds. The van der Waals surface area contributed by atoms with Gasteiger partial charge in [-0.25, -0.2) is 0 Å². The number of aryl methyl sites for hydroxylation is 2. The topological polar surface area (TPSA) is 76.7 Å². The van der Waals surface area contributed by atoms with Crippen molar-refractivity contribution in [3.63, 3.8) is 0 Å². The van der Waals surface area contributed by atoms with Gasteiger partial charge in [-0.2, -0.15) is 0 Å². The lowest BCUT2D eigenvalue weighted by Gasteiger charge is -2.18. The molecule has 2 N–H and O–H groups in total. The van der Waals surface area contributed by atoms with E-state index in [0.717, 1.165) is 16.7 Å². The van der Waals surface area contributed by atoms with E-state index in [4.69, 9.17) is 9.47 Å². The minimum absolute atomic E-state index is 0.109. The summed E-state index contributed by atoms with van der Waals surface area (Å²) >= 11 is 0. The number of ether oxygens (including phenoxy) is 2. The molecule has 0 aliphatic heterocycles. The fourth-order valence-electron chi connectivity index (χ4n) is 2.69. The number of amides is 2. The SMILES string of the molecule is COc1ccc(OC)c([C@@H](C)NC(=O)CNC(=O)c2ccc(C)c(C)c2)c1. The van der Waals surface area contributed by atoms with E-state index in [-0.39, 0.29) is 24.4 Å². The Morgan fingerprint density at radius 1 is 1.00 bits per heavy atom. The molecule has 6 nitrogen and oxygen atoms in total. The van der Waals surface area contributed by atoms with Gasteiger partial charge in [0.2, 0.25) is 5.91 Å². The second-order valence-electron chi connectivity index (χ2n) is 6.38. The maximum atomic E-state index is 12.2. The smallest absolute Gasteiger partial charge is 0.251 e. The second kappa shape index (κ2) is 9.07. The van der Waals surface area contributed by atoms with Gasteiger partial charge < -0.3 is 20.1 Å². The Morgan fingerprint density at radius 3 is 2.37 bits per heavy atom. The predicted octanol–water partition coefficient (Wildman–Crippen LogP) is 2.93. The lowest BCUT2D eigenvalue weighted by molar-refractivity contribution is -0.120. The van der Waals surface area contributed by atoms with Crippen molar-refractivity contribution in [3.8, 4) is 11.5 Å². The highest BCUT2D eigenvalue weighted by molar-refractivity contribution is 5.96. The summed E-state index contributed by atoms with van der Waals surface area (Å²) in [5, 5.41) is 5.51. The third-order valence-electron chi connectivity index (χ3n) is 4.46. The van der Waals surface area contributed by atoms with Crippen molar-refractivity contribution < 1.29 is 19.1 Å². The summed E-state index contributed by atoms with van der Waals surface area (Å²) in [6, 6.07) is 10.5. The molecule has 144 valence electrons. The number of hydrogen-bond donors (Lipinski definition) is 2. The normalized spacial score (nSPS) is 11.4. The highest BCUT2D eigenvalue weighted by Gasteiger charge is 2.16. The molecule has 2 rings (SSSR count). The van der Waals surface area contributed by atoms with Crippen LogP contribution >= 0.6 is 0 Å². The maximum absolute atomic E-state index is 12.2. The molecular weight excluding hydrogens is 344 g/mol. The van der Waals surface area contributed by atoms with E-state index in [1.165, 1.54) is 0 Å². The Morgan fingerprint density at radius 2 is 1.74 bits per heavy atom. The maximum Gasteiger partial charge on any atom is 0.251 e. The Labute approximate surface area is 159 Å². The van der Waals surface area contributed by atoms with Gasteiger partial charge in [0, 0.05) is 11.1 Å². The first-order chi connectivity index (χ1) is 12.8. The zero-order valence-electron chi connectivity index (χ0n) is 16.4. The third kappa shape index (κ3) is 5.23. The second-order valence-corrected chi connectivity index (χ2v) is 6.38. The van der Waals surface area contributed by atoms with Crippen LogP contribution in [0.15, 0.2) is 36.4 Å². The van der Waals surface area contributed by atoms with Crippen molar-refractivity contribution in [3.05, 3.63) is 58.7 Å². The lowest BCUT2D eigenvalue weighted by atomic mass is 10.1.